The van der Waals surface area contributed by atoms with Crippen molar-refractivity contribution in [3.05, 3.63) is 91.9 Å². The Morgan fingerprint density at radius 2 is 1.59 bits per heavy atom. The maximum absolute atomic E-state index is 15.8. The van der Waals surface area contributed by atoms with Crippen molar-refractivity contribution in [3.63, 3.8) is 0 Å². The summed E-state index contributed by atoms with van der Waals surface area (Å²) in [5, 5.41) is 12.4. The van der Waals surface area contributed by atoms with Gasteiger partial charge in [-0.05, 0) is 136 Å². The van der Waals surface area contributed by atoms with Crippen molar-refractivity contribution in [2.75, 3.05) is 20.1 Å². The maximum Gasteiger partial charge on any atom is 0.416 e. The smallest absolute Gasteiger partial charge is 0.416 e. The number of alkyl halides is 3. The molecule has 1 fully saturated rings. The van der Waals surface area contributed by atoms with Crippen LogP contribution >= 0.6 is 0 Å². The molecular formula is C37H44F5N3O4. The number of rotatable bonds is 11. The normalized spacial score (nSPS) is 15.8. The van der Waals surface area contributed by atoms with Gasteiger partial charge in [0.2, 0.25) is 5.91 Å². The summed E-state index contributed by atoms with van der Waals surface area (Å²) in [6.07, 6.45) is -2.91. The molecule has 0 bridgehead atoms. The lowest BCUT2D eigenvalue weighted by atomic mass is 9.89. The van der Waals surface area contributed by atoms with Crippen molar-refractivity contribution in [2.45, 2.75) is 85.0 Å². The zero-order chi connectivity index (χ0) is 36.4. The van der Waals surface area contributed by atoms with Crippen LogP contribution in [0, 0.1) is 44.2 Å². The summed E-state index contributed by atoms with van der Waals surface area (Å²) in [5.41, 5.74) is 0.136. The Balaban J connectivity index is 1.78. The molecule has 2 N–H and O–H groups in total. The molecule has 2 heterocycles. The summed E-state index contributed by atoms with van der Waals surface area (Å²) >= 11 is 0. The molecule has 3 aromatic rings. The summed E-state index contributed by atoms with van der Waals surface area (Å²) in [4.78, 5) is 41.5. The number of likely N-dealkylation sites (tertiary alicyclic amines) is 1. The molecule has 1 aliphatic rings. The largest absolute Gasteiger partial charge is 0.481 e. The number of hydrogen-bond acceptors (Lipinski definition) is 4. The van der Waals surface area contributed by atoms with Crippen LogP contribution in [0.1, 0.15) is 85.0 Å². The number of benzene rings is 2. The summed E-state index contributed by atoms with van der Waals surface area (Å²) in [6, 6.07) is 3.46. The minimum Gasteiger partial charge on any atom is -0.481 e. The number of carbonyl (C=O) groups excluding carboxylic acids is 1. The molecule has 1 amide bonds. The Labute approximate surface area is 283 Å². The van der Waals surface area contributed by atoms with E-state index in [0.717, 1.165) is 23.9 Å². The highest BCUT2D eigenvalue weighted by Crippen LogP contribution is 2.36. The Bertz CT molecular complexity index is 1740. The third kappa shape index (κ3) is 9.14. The third-order valence-electron chi connectivity index (χ3n) is 9.29. The van der Waals surface area contributed by atoms with Crippen molar-refractivity contribution in [1.82, 2.24) is 14.8 Å². The van der Waals surface area contributed by atoms with E-state index in [2.05, 4.69) is 10.2 Å². The van der Waals surface area contributed by atoms with E-state index in [1.165, 1.54) is 25.1 Å². The van der Waals surface area contributed by atoms with Crippen molar-refractivity contribution in [3.8, 4) is 11.1 Å². The van der Waals surface area contributed by atoms with Gasteiger partial charge in [-0.2, -0.15) is 13.2 Å². The lowest BCUT2D eigenvalue weighted by molar-refractivity contribution is -0.139. The van der Waals surface area contributed by atoms with E-state index in [0.29, 0.717) is 41.2 Å². The number of halogens is 5. The molecule has 266 valence electrons. The first kappa shape index (κ1) is 37.8. The zero-order valence-electron chi connectivity index (χ0n) is 28.7. The van der Waals surface area contributed by atoms with Crippen molar-refractivity contribution in [2.24, 2.45) is 11.8 Å². The van der Waals surface area contributed by atoms with E-state index in [1.54, 1.807) is 33.8 Å². The number of amides is 1. The van der Waals surface area contributed by atoms with Crippen LogP contribution in [0.5, 0.6) is 0 Å². The second-order valence-electron chi connectivity index (χ2n) is 13.8. The molecule has 4 rings (SSSR count). The Hall–Kier alpha value is -4.06. The molecule has 0 radical (unpaired) electrons. The van der Waals surface area contributed by atoms with Crippen LogP contribution in [0.3, 0.4) is 0 Å². The average Bonchev–Trinajstić information content (AvgIpc) is 2.97. The number of aromatic nitrogens is 1. The van der Waals surface area contributed by atoms with Gasteiger partial charge in [0.15, 0.2) is 0 Å². The molecule has 0 unspecified atom stereocenters. The molecule has 7 nitrogen and oxygen atoms in total. The molecule has 2 aromatic carbocycles. The van der Waals surface area contributed by atoms with Crippen LogP contribution in [0.15, 0.2) is 41.3 Å². The summed E-state index contributed by atoms with van der Waals surface area (Å²) in [7, 11) is 1.94. The van der Waals surface area contributed by atoms with Crippen LogP contribution in [0.4, 0.5) is 22.0 Å². The fourth-order valence-electron chi connectivity index (χ4n) is 6.87. The number of carbonyl (C=O) groups is 2. The van der Waals surface area contributed by atoms with Gasteiger partial charge in [0.05, 0.1) is 18.0 Å². The first-order valence-electron chi connectivity index (χ1n) is 16.5. The summed E-state index contributed by atoms with van der Waals surface area (Å²) < 4.78 is 73.4. The second kappa shape index (κ2) is 15.2. The van der Waals surface area contributed by atoms with Gasteiger partial charge in [-0.3, -0.25) is 14.4 Å². The predicted octanol–water partition coefficient (Wildman–Crippen LogP) is 7.54. The number of aliphatic carboxylic acids is 1. The Morgan fingerprint density at radius 3 is 2.14 bits per heavy atom. The number of carboxylic acids is 1. The van der Waals surface area contributed by atoms with Gasteiger partial charge in [-0.1, -0.05) is 13.8 Å². The Kier molecular flexibility index (Phi) is 11.7. The molecule has 1 saturated heterocycles. The summed E-state index contributed by atoms with van der Waals surface area (Å²) in [5.74, 6) is -3.62. The van der Waals surface area contributed by atoms with Crippen LogP contribution in [0.25, 0.3) is 11.1 Å². The topological polar surface area (TPSA) is 91.6 Å². The highest BCUT2D eigenvalue weighted by Gasteiger charge is 2.37. The first-order valence-corrected chi connectivity index (χ1v) is 16.5. The van der Waals surface area contributed by atoms with Crippen LogP contribution in [-0.2, 0) is 22.2 Å². The predicted molar refractivity (Wildman–Crippen MR) is 177 cm³/mol. The molecule has 1 aliphatic heterocycles. The fourth-order valence-corrected chi connectivity index (χ4v) is 6.87. The lowest BCUT2D eigenvalue weighted by Crippen LogP contribution is -2.41. The number of piperidine rings is 1. The van der Waals surface area contributed by atoms with E-state index in [-0.39, 0.29) is 41.4 Å². The van der Waals surface area contributed by atoms with Crippen molar-refractivity contribution in [1.29, 1.82) is 0 Å². The van der Waals surface area contributed by atoms with Gasteiger partial charge in [0, 0.05) is 17.8 Å². The molecular weight excluding hydrogens is 645 g/mol. The standard InChI is InChI=1S/C37H44F5N3O4/c1-20(2)11-31(45-19-26(15-24-7-9-44(6)10-8-24)29(17-32(45)46)37(40,41)42)36(49)43-30(18-33(47)48)28-16-25(12-23(5)35(28)39)34-21(3)13-27(38)14-22(34)4/h12-14,16-17,19-20,24,30-31H,7-11,15,18H2,1-6H3,(H,43,49)(H,47,48)/t30-,31-/m1/s1. The van der Waals surface area contributed by atoms with Gasteiger partial charge < -0.3 is 19.9 Å². The van der Waals surface area contributed by atoms with Gasteiger partial charge >= 0.3 is 12.1 Å². The van der Waals surface area contributed by atoms with E-state index in [4.69, 9.17) is 0 Å². The van der Waals surface area contributed by atoms with Gasteiger partial charge in [0.1, 0.15) is 17.7 Å². The average molecular weight is 690 g/mol. The summed E-state index contributed by atoms with van der Waals surface area (Å²) in [6.45, 7) is 9.90. The highest BCUT2D eigenvalue weighted by molar-refractivity contribution is 5.82. The van der Waals surface area contributed by atoms with Gasteiger partial charge in [-0.15, -0.1) is 0 Å². The second-order valence-corrected chi connectivity index (χ2v) is 13.8. The Morgan fingerprint density at radius 1 is 0.980 bits per heavy atom. The van der Waals surface area contributed by atoms with Gasteiger partial charge in [-0.25, -0.2) is 8.78 Å². The molecule has 0 saturated carbocycles. The van der Waals surface area contributed by atoms with E-state index in [1.807, 2.05) is 7.05 Å². The fraction of sp³-hybridized carbons (Fsp3) is 0.486. The van der Waals surface area contributed by atoms with E-state index in [9.17, 15) is 37.1 Å². The SMILES string of the molecule is Cc1cc(-c2c(C)cc(F)cc2C)cc([C@@H](CC(=O)O)NC(=O)[C@@H](CC(C)C)n2cc(CC3CCN(C)CC3)c(C(F)(F)F)cc2=O)c1F. The number of pyridine rings is 1. The van der Waals surface area contributed by atoms with Crippen molar-refractivity contribution >= 4 is 11.9 Å². The highest BCUT2D eigenvalue weighted by atomic mass is 19.4. The number of aryl methyl sites for hydroxylation is 3. The molecule has 0 aliphatic carbocycles. The van der Waals surface area contributed by atoms with Crippen molar-refractivity contribution < 1.29 is 36.6 Å². The molecule has 0 spiro atoms. The quantitative estimate of drug-likeness (QED) is 0.203. The third-order valence-corrected chi connectivity index (χ3v) is 9.29. The zero-order valence-corrected chi connectivity index (χ0v) is 28.7. The van der Waals surface area contributed by atoms with Crippen LogP contribution < -0.4 is 10.9 Å². The maximum atomic E-state index is 15.8. The van der Waals surface area contributed by atoms with Crippen LogP contribution in [-0.4, -0.2) is 46.6 Å². The molecule has 12 heteroatoms. The number of carboxylic acid groups (broad SMARTS) is 1. The molecule has 2 atom stereocenters. The van der Waals surface area contributed by atoms with Gasteiger partial charge in [0.25, 0.3) is 5.56 Å². The van der Waals surface area contributed by atoms with E-state index >= 15 is 4.39 Å². The minimum absolute atomic E-state index is 0.0417. The number of nitrogens with one attached hydrogen (secondary N) is 1. The first-order chi connectivity index (χ1) is 22.8. The van der Waals surface area contributed by atoms with Crippen LogP contribution in [0.2, 0.25) is 0 Å². The lowest BCUT2D eigenvalue weighted by Gasteiger charge is -2.30. The van der Waals surface area contributed by atoms with E-state index < -0.39 is 59.3 Å². The number of hydrogen-bond donors (Lipinski definition) is 2. The molecule has 49 heavy (non-hydrogen) atoms. The monoisotopic (exact) mass is 689 g/mol. The number of nitrogens with zero attached hydrogens (tertiary/aromatic N) is 2. The molecule has 1 aromatic heterocycles. The minimum atomic E-state index is -4.79.